The summed E-state index contributed by atoms with van der Waals surface area (Å²) in [5.74, 6) is 0.787. The van der Waals surface area contributed by atoms with E-state index in [1.165, 1.54) is 5.56 Å². The number of hydrogen-bond acceptors (Lipinski definition) is 4. The van der Waals surface area contributed by atoms with Gasteiger partial charge >= 0.3 is 0 Å². The molecule has 2 aliphatic rings. The Balaban J connectivity index is 1.34. The molecule has 2 saturated heterocycles. The Hall–Kier alpha value is -1.14. The number of carbonyl (C=O) groups excluding carboxylic acids is 1. The maximum atomic E-state index is 12.1. The van der Waals surface area contributed by atoms with Crippen LogP contribution in [0.1, 0.15) is 31.2 Å². The van der Waals surface area contributed by atoms with E-state index in [0.717, 1.165) is 57.0 Å². The molecule has 6 heteroatoms. The van der Waals surface area contributed by atoms with Gasteiger partial charge in [-0.2, -0.15) is 0 Å². The molecule has 132 valence electrons. The molecule has 0 atom stereocenters. The number of nitrogens with zero attached hydrogens (tertiary/aromatic N) is 1. The number of nitrogens with one attached hydrogen (secondary N) is 3. The Morgan fingerprint density at radius 3 is 2.50 bits per heavy atom. The minimum Gasteiger partial charge on any atom is -0.353 e. The fourth-order valence-electron chi connectivity index (χ4n) is 3.43. The molecule has 0 radical (unpaired) electrons. The fraction of sp³-hybridized carbons (Fsp3) is 0.611. The van der Waals surface area contributed by atoms with Crippen molar-refractivity contribution in [2.24, 2.45) is 5.92 Å². The minimum absolute atomic E-state index is 0.207. The summed E-state index contributed by atoms with van der Waals surface area (Å²) in [6, 6.07) is 8.39. The van der Waals surface area contributed by atoms with E-state index in [1.54, 1.807) is 0 Å². The van der Waals surface area contributed by atoms with Crippen molar-refractivity contribution in [1.82, 2.24) is 21.1 Å². The Morgan fingerprint density at radius 1 is 1.17 bits per heavy atom. The van der Waals surface area contributed by atoms with Gasteiger partial charge in [-0.25, -0.2) is 0 Å². The zero-order valence-corrected chi connectivity index (χ0v) is 14.8. The molecule has 0 aliphatic carbocycles. The molecule has 5 nitrogen and oxygen atoms in total. The van der Waals surface area contributed by atoms with Gasteiger partial charge in [0.15, 0.2) is 0 Å². The lowest BCUT2D eigenvalue weighted by atomic mass is 10.0. The summed E-state index contributed by atoms with van der Waals surface area (Å²) >= 11 is 5.93. The third-order valence-electron chi connectivity index (χ3n) is 4.96. The van der Waals surface area contributed by atoms with Gasteiger partial charge in [0.1, 0.15) is 0 Å². The number of carbonyl (C=O) groups is 1. The molecule has 1 aromatic carbocycles. The van der Waals surface area contributed by atoms with Gasteiger partial charge in [0.05, 0.1) is 0 Å². The molecule has 2 heterocycles. The molecule has 2 fully saturated rings. The Morgan fingerprint density at radius 2 is 1.83 bits per heavy atom. The van der Waals surface area contributed by atoms with Crippen LogP contribution in [0.5, 0.6) is 0 Å². The lowest BCUT2D eigenvalue weighted by Crippen LogP contribution is -2.44. The molecule has 1 aromatic rings. The van der Waals surface area contributed by atoms with Crippen molar-refractivity contribution in [1.29, 1.82) is 0 Å². The summed E-state index contributed by atoms with van der Waals surface area (Å²) in [7, 11) is 0. The van der Waals surface area contributed by atoms with Gasteiger partial charge in [0.2, 0.25) is 5.91 Å². The molecule has 24 heavy (non-hydrogen) atoms. The first-order chi connectivity index (χ1) is 11.7. The maximum Gasteiger partial charge on any atom is 0.220 e. The van der Waals surface area contributed by atoms with Crippen molar-refractivity contribution in [3.63, 3.8) is 0 Å². The van der Waals surface area contributed by atoms with E-state index in [2.05, 4.69) is 33.2 Å². The lowest BCUT2D eigenvalue weighted by molar-refractivity contribution is -0.122. The Kier molecular flexibility index (Phi) is 6.49. The van der Waals surface area contributed by atoms with Gasteiger partial charge < -0.3 is 5.32 Å². The summed E-state index contributed by atoms with van der Waals surface area (Å²) in [5.41, 5.74) is 7.51. The van der Waals surface area contributed by atoms with E-state index < -0.39 is 0 Å². The van der Waals surface area contributed by atoms with E-state index in [1.807, 2.05) is 12.1 Å². The quantitative estimate of drug-likeness (QED) is 0.733. The summed E-state index contributed by atoms with van der Waals surface area (Å²) in [5, 5.41) is 3.99. The zero-order valence-electron chi connectivity index (χ0n) is 14.1. The number of halogens is 1. The van der Waals surface area contributed by atoms with E-state index in [-0.39, 0.29) is 5.91 Å². The van der Waals surface area contributed by atoms with Crippen LogP contribution in [0.15, 0.2) is 24.3 Å². The van der Waals surface area contributed by atoms with Crippen molar-refractivity contribution in [2.75, 3.05) is 26.2 Å². The normalized spacial score (nSPS) is 20.4. The number of rotatable bonds is 6. The van der Waals surface area contributed by atoms with Crippen LogP contribution >= 0.6 is 11.6 Å². The number of likely N-dealkylation sites (tertiary alicyclic amines) is 1. The van der Waals surface area contributed by atoms with E-state index in [4.69, 9.17) is 11.6 Å². The number of benzene rings is 1. The molecule has 0 bridgehead atoms. The second-order valence-corrected chi connectivity index (χ2v) is 7.35. The van der Waals surface area contributed by atoms with Crippen molar-refractivity contribution in [3.8, 4) is 0 Å². The Bertz CT molecular complexity index is 522. The van der Waals surface area contributed by atoms with E-state index >= 15 is 0 Å². The molecule has 3 rings (SSSR count). The van der Waals surface area contributed by atoms with Crippen LogP contribution in [0.4, 0.5) is 0 Å². The highest BCUT2D eigenvalue weighted by atomic mass is 35.5. The minimum atomic E-state index is 0.207. The van der Waals surface area contributed by atoms with Gasteiger partial charge in [0.25, 0.3) is 0 Å². The molecule has 0 unspecified atom stereocenters. The van der Waals surface area contributed by atoms with Crippen LogP contribution in [-0.4, -0.2) is 43.0 Å². The second-order valence-electron chi connectivity index (χ2n) is 6.91. The zero-order chi connectivity index (χ0) is 16.8. The SMILES string of the molecule is O=C(CCC1CNNC1)NC1CCN(Cc2ccc(Cl)cc2)CC1. The molecule has 2 aliphatic heterocycles. The van der Waals surface area contributed by atoms with Crippen molar-refractivity contribution >= 4 is 17.5 Å². The molecular formula is C18H27ClN4O. The smallest absolute Gasteiger partial charge is 0.220 e. The van der Waals surface area contributed by atoms with Crippen LogP contribution in [0.25, 0.3) is 0 Å². The summed E-state index contributed by atoms with van der Waals surface area (Å²) in [4.78, 5) is 14.5. The highest BCUT2D eigenvalue weighted by molar-refractivity contribution is 6.30. The predicted octanol–water partition coefficient (Wildman–Crippen LogP) is 1.92. The monoisotopic (exact) mass is 350 g/mol. The van der Waals surface area contributed by atoms with Crippen LogP contribution in [0.3, 0.4) is 0 Å². The molecule has 0 aromatic heterocycles. The average Bonchev–Trinajstić information content (AvgIpc) is 3.10. The van der Waals surface area contributed by atoms with Gasteiger partial charge in [-0.05, 0) is 42.9 Å². The summed E-state index contributed by atoms with van der Waals surface area (Å²) < 4.78 is 0. The van der Waals surface area contributed by atoms with E-state index in [9.17, 15) is 4.79 Å². The standard InChI is InChI=1S/C18H27ClN4O/c19-16-4-1-14(2-5-16)13-23-9-7-17(8-10-23)22-18(24)6-3-15-11-20-21-12-15/h1-2,4-5,15,17,20-21H,3,6-13H2,(H,22,24). The van der Waals surface area contributed by atoms with Crippen molar-refractivity contribution < 1.29 is 4.79 Å². The van der Waals surface area contributed by atoms with Crippen molar-refractivity contribution in [3.05, 3.63) is 34.9 Å². The predicted molar refractivity (Wildman–Crippen MR) is 96.6 cm³/mol. The fourth-order valence-corrected chi connectivity index (χ4v) is 3.55. The molecule has 0 spiro atoms. The number of amides is 1. The number of piperidine rings is 1. The first kappa shape index (κ1) is 17.7. The third kappa shape index (κ3) is 5.45. The summed E-state index contributed by atoms with van der Waals surface area (Å²) in [6.45, 7) is 4.96. The highest BCUT2D eigenvalue weighted by Crippen LogP contribution is 2.16. The first-order valence-electron chi connectivity index (χ1n) is 8.91. The lowest BCUT2D eigenvalue weighted by Gasteiger charge is -2.32. The van der Waals surface area contributed by atoms with Crippen LogP contribution in [0.2, 0.25) is 5.02 Å². The first-order valence-corrected chi connectivity index (χ1v) is 9.29. The van der Waals surface area contributed by atoms with Crippen LogP contribution in [-0.2, 0) is 11.3 Å². The third-order valence-corrected chi connectivity index (χ3v) is 5.21. The van der Waals surface area contributed by atoms with Gasteiger partial charge in [-0.15, -0.1) is 0 Å². The van der Waals surface area contributed by atoms with E-state index in [0.29, 0.717) is 18.4 Å². The largest absolute Gasteiger partial charge is 0.353 e. The Labute approximate surface area is 149 Å². The number of hydrogen-bond donors (Lipinski definition) is 3. The van der Waals surface area contributed by atoms with Crippen LogP contribution < -0.4 is 16.2 Å². The summed E-state index contributed by atoms with van der Waals surface area (Å²) in [6.07, 6.45) is 3.66. The van der Waals surface area contributed by atoms with Crippen LogP contribution in [0, 0.1) is 5.92 Å². The van der Waals surface area contributed by atoms with Gasteiger partial charge in [0, 0.05) is 50.2 Å². The molecule has 3 N–H and O–H groups in total. The van der Waals surface area contributed by atoms with Gasteiger partial charge in [-0.1, -0.05) is 23.7 Å². The second kappa shape index (κ2) is 8.81. The molecule has 1 amide bonds. The highest BCUT2D eigenvalue weighted by Gasteiger charge is 2.21. The molecular weight excluding hydrogens is 324 g/mol. The van der Waals surface area contributed by atoms with Crippen molar-refractivity contribution in [2.45, 2.75) is 38.3 Å². The molecule has 0 saturated carbocycles. The number of hydrazine groups is 1. The topological polar surface area (TPSA) is 56.4 Å². The van der Waals surface area contributed by atoms with Gasteiger partial charge in [-0.3, -0.25) is 20.5 Å². The average molecular weight is 351 g/mol. The maximum absolute atomic E-state index is 12.1.